The third-order valence-corrected chi connectivity index (χ3v) is 4.61. The van der Waals surface area contributed by atoms with Crippen molar-refractivity contribution in [2.75, 3.05) is 13.6 Å². The van der Waals surface area contributed by atoms with Gasteiger partial charge in [-0.1, -0.05) is 11.6 Å². The first-order valence-electron chi connectivity index (χ1n) is 5.97. The van der Waals surface area contributed by atoms with Crippen LogP contribution in [0.4, 0.5) is 0 Å². The zero-order chi connectivity index (χ0) is 13.3. The van der Waals surface area contributed by atoms with Crippen molar-refractivity contribution in [3.63, 3.8) is 0 Å². The number of nitrogens with zero attached hydrogens (tertiary/aromatic N) is 1. The molecule has 2 N–H and O–H groups in total. The van der Waals surface area contributed by atoms with Crippen LogP contribution in [0.5, 0.6) is 0 Å². The first-order chi connectivity index (χ1) is 8.54. The van der Waals surface area contributed by atoms with Gasteiger partial charge >= 0.3 is 0 Å². The van der Waals surface area contributed by atoms with E-state index in [1.165, 1.54) is 12.8 Å². The van der Waals surface area contributed by atoms with Gasteiger partial charge in [0.15, 0.2) is 0 Å². The fourth-order valence-electron chi connectivity index (χ4n) is 2.13. The molecule has 1 aliphatic carbocycles. The summed E-state index contributed by atoms with van der Waals surface area (Å²) in [5, 5.41) is 0.603. The first-order valence-corrected chi connectivity index (χ1v) is 7.14. The molecule has 0 spiro atoms. The average molecular weight is 332 g/mol. The minimum atomic E-state index is -0.00489. The van der Waals surface area contributed by atoms with Gasteiger partial charge in [0.05, 0.1) is 5.02 Å². The van der Waals surface area contributed by atoms with Crippen molar-refractivity contribution in [3.05, 3.63) is 33.3 Å². The topological polar surface area (TPSA) is 46.3 Å². The predicted molar refractivity (Wildman–Crippen MR) is 76.8 cm³/mol. The van der Waals surface area contributed by atoms with E-state index < -0.39 is 0 Å². The van der Waals surface area contributed by atoms with E-state index in [4.69, 9.17) is 17.3 Å². The lowest BCUT2D eigenvalue weighted by molar-refractivity contribution is 0.0718. The fraction of sp³-hybridized carbons (Fsp3) is 0.462. The Balaban J connectivity index is 2.16. The molecule has 0 bridgehead atoms. The Bertz CT molecular complexity index is 462. The van der Waals surface area contributed by atoms with Crippen molar-refractivity contribution < 1.29 is 4.79 Å². The molecular formula is C13H16BrClN2O. The monoisotopic (exact) mass is 330 g/mol. The molecule has 1 aromatic rings. The highest BCUT2D eigenvalue weighted by Crippen LogP contribution is 2.35. The van der Waals surface area contributed by atoms with Crippen molar-refractivity contribution in [2.45, 2.75) is 18.9 Å². The Hall–Kier alpha value is -0.580. The molecule has 1 unspecified atom stereocenters. The van der Waals surface area contributed by atoms with Crippen LogP contribution < -0.4 is 5.73 Å². The lowest BCUT2D eigenvalue weighted by Crippen LogP contribution is -2.43. The van der Waals surface area contributed by atoms with Crippen LogP contribution >= 0.6 is 27.5 Å². The lowest BCUT2D eigenvalue weighted by Gasteiger charge is -2.27. The molecule has 2 rings (SSSR count). The van der Waals surface area contributed by atoms with Gasteiger partial charge in [0.2, 0.25) is 0 Å². The average Bonchev–Trinajstić information content (AvgIpc) is 3.17. The molecule has 1 atom stereocenters. The molecule has 0 heterocycles. The van der Waals surface area contributed by atoms with E-state index in [9.17, 15) is 4.79 Å². The normalized spacial score (nSPS) is 16.4. The molecule has 0 saturated heterocycles. The van der Waals surface area contributed by atoms with Gasteiger partial charge < -0.3 is 10.6 Å². The third-order valence-electron chi connectivity index (χ3n) is 3.39. The number of hydrogen-bond acceptors (Lipinski definition) is 2. The van der Waals surface area contributed by atoms with Gasteiger partial charge in [0, 0.05) is 29.7 Å². The minimum absolute atomic E-state index is 0.00489. The molecule has 0 aliphatic heterocycles. The Kier molecular flexibility index (Phi) is 4.30. The molecule has 1 amide bonds. The highest BCUT2D eigenvalue weighted by Gasteiger charge is 2.35. The highest BCUT2D eigenvalue weighted by atomic mass is 79.9. The van der Waals surface area contributed by atoms with Crippen molar-refractivity contribution in [3.8, 4) is 0 Å². The number of amides is 1. The summed E-state index contributed by atoms with van der Waals surface area (Å²) in [4.78, 5) is 14.1. The number of nitrogens with two attached hydrogens (primary N) is 1. The van der Waals surface area contributed by atoms with Crippen LogP contribution in [0.2, 0.25) is 5.02 Å². The summed E-state index contributed by atoms with van der Waals surface area (Å²) < 4.78 is 0.735. The minimum Gasteiger partial charge on any atom is -0.337 e. The number of halogens is 2. The maximum absolute atomic E-state index is 12.3. The Labute approximate surface area is 120 Å². The van der Waals surface area contributed by atoms with Crippen LogP contribution in [0.15, 0.2) is 22.7 Å². The van der Waals surface area contributed by atoms with Gasteiger partial charge in [-0.05, 0) is 52.9 Å². The lowest BCUT2D eigenvalue weighted by atomic mass is 10.1. The number of benzene rings is 1. The van der Waals surface area contributed by atoms with Gasteiger partial charge in [-0.25, -0.2) is 0 Å². The molecule has 1 aromatic carbocycles. The first kappa shape index (κ1) is 13.8. The molecule has 1 aliphatic rings. The van der Waals surface area contributed by atoms with Crippen LogP contribution in [0.25, 0.3) is 0 Å². The van der Waals surface area contributed by atoms with Crippen molar-refractivity contribution in [1.29, 1.82) is 0 Å². The molecule has 1 fully saturated rings. The zero-order valence-electron chi connectivity index (χ0n) is 10.2. The van der Waals surface area contributed by atoms with Crippen LogP contribution in [0.1, 0.15) is 23.2 Å². The SMILES string of the molecule is CN(C(=O)c1ccc(Cl)c(Br)c1)C(CN)C1CC1. The van der Waals surface area contributed by atoms with E-state index in [1.54, 1.807) is 23.1 Å². The van der Waals surface area contributed by atoms with Gasteiger partial charge in [0.1, 0.15) is 0 Å². The van der Waals surface area contributed by atoms with Crippen LogP contribution in [0, 0.1) is 5.92 Å². The van der Waals surface area contributed by atoms with E-state index in [0.29, 0.717) is 23.0 Å². The number of carbonyl (C=O) groups excluding carboxylic acids is 1. The van der Waals surface area contributed by atoms with E-state index in [-0.39, 0.29) is 11.9 Å². The third kappa shape index (κ3) is 2.87. The molecule has 3 nitrogen and oxygen atoms in total. The summed E-state index contributed by atoms with van der Waals surface area (Å²) >= 11 is 9.25. The van der Waals surface area contributed by atoms with E-state index >= 15 is 0 Å². The molecular weight excluding hydrogens is 316 g/mol. The van der Waals surface area contributed by atoms with Crippen LogP contribution in [-0.4, -0.2) is 30.4 Å². The summed E-state index contributed by atoms with van der Waals surface area (Å²) in [5.74, 6) is 0.564. The Morgan fingerprint density at radius 3 is 2.78 bits per heavy atom. The van der Waals surface area contributed by atoms with Crippen LogP contribution in [-0.2, 0) is 0 Å². The van der Waals surface area contributed by atoms with E-state index in [1.807, 2.05) is 7.05 Å². The zero-order valence-corrected chi connectivity index (χ0v) is 12.5. The van der Waals surface area contributed by atoms with Crippen LogP contribution in [0.3, 0.4) is 0 Å². The second kappa shape index (κ2) is 5.59. The molecule has 0 aromatic heterocycles. The smallest absolute Gasteiger partial charge is 0.253 e. The molecule has 5 heteroatoms. The van der Waals surface area contributed by atoms with Gasteiger partial charge in [-0.3, -0.25) is 4.79 Å². The van der Waals surface area contributed by atoms with Gasteiger partial charge in [0.25, 0.3) is 5.91 Å². The number of rotatable bonds is 4. The summed E-state index contributed by atoms with van der Waals surface area (Å²) in [7, 11) is 1.82. The predicted octanol–water partition coefficient (Wildman–Crippen LogP) is 2.91. The number of carbonyl (C=O) groups is 1. The second-order valence-corrected chi connectivity index (χ2v) is 5.95. The molecule has 98 valence electrons. The van der Waals surface area contributed by atoms with Crippen molar-refractivity contribution >= 4 is 33.4 Å². The van der Waals surface area contributed by atoms with Crippen molar-refractivity contribution in [1.82, 2.24) is 4.90 Å². The summed E-state index contributed by atoms with van der Waals surface area (Å²) in [5.41, 5.74) is 6.39. The highest BCUT2D eigenvalue weighted by molar-refractivity contribution is 9.10. The maximum atomic E-state index is 12.3. The number of hydrogen-bond donors (Lipinski definition) is 1. The quantitative estimate of drug-likeness (QED) is 0.922. The van der Waals surface area contributed by atoms with Gasteiger partial charge in [-0.15, -0.1) is 0 Å². The Morgan fingerprint density at radius 2 is 2.28 bits per heavy atom. The second-order valence-electron chi connectivity index (χ2n) is 4.69. The molecule has 0 radical (unpaired) electrons. The standard InChI is InChI=1S/C13H16BrClN2O/c1-17(12(7-16)8-2-3-8)13(18)9-4-5-11(15)10(14)6-9/h4-6,8,12H,2-3,7,16H2,1H3. The summed E-state index contributed by atoms with van der Waals surface area (Å²) in [6.45, 7) is 0.516. The number of likely N-dealkylation sites (N-methyl/N-ethyl adjacent to an activating group) is 1. The molecule has 18 heavy (non-hydrogen) atoms. The fourth-order valence-corrected chi connectivity index (χ4v) is 2.63. The molecule has 1 saturated carbocycles. The largest absolute Gasteiger partial charge is 0.337 e. The van der Waals surface area contributed by atoms with E-state index in [0.717, 1.165) is 4.47 Å². The summed E-state index contributed by atoms with van der Waals surface area (Å²) in [6.07, 6.45) is 2.34. The van der Waals surface area contributed by atoms with Gasteiger partial charge in [-0.2, -0.15) is 0 Å². The van der Waals surface area contributed by atoms with Crippen molar-refractivity contribution in [2.24, 2.45) is 11.7 Å². The Morgan fingerprint density at radius 1 is 1.61 bits per heavy atom. The summed E-state index contributed by atoms with van der Waals surface area (Å²) in [6, 6.07) is 5.36. The maximum Gasteiger partial charge on any atom is 0.253 e. The van der Waals surface area contributed by atoms with E-state index in [2.05, 4.69) is 15.9 Å².